The standard InChI is InChI=1S/C20H18N4O3S/c1-13(25)12-28-20-22-21-18(27-20)17-15-9-5-6-10-16(15)19(26)24(23-17)11-14-7-3-2-4-8-14/h2-10,13,25H,11-12H2,1H3. The summed E-state index contributed by atoms with van der Waals surface area (Å²) in [6, 6.07) is 16.9. The lowest BCUT2D eigenvalue weighted by atomic mass is 10.1. The van der Waals surface area contributed by atoms with Crippen molar-refractivity contribution in [3.8, 4) is 11.6 Å². The van der Waals surface area contributed by atoms with E-state index in [-0.39, 0.29) is 11.4 Å². The van der Waals surface area contributed by atoms with Crippen molar-refractivity contribution in [2.24, 2.45) is 0 Å². The van der Waals surface area contributed by atoms with Crippen LogP contribution in [0, 0.1) is 0 Å². The summed E-state index contributed by atoms with van der Waals surface area (Å²) in [6.07, 6.45) is -0.480. The Balaban J connectivity index is 1.79. The van der Waals surface area contributed by atoms with Crippen LogP contribution in [0.5, 0.6) is 0 Å². The fourth-order valence-corrected chi connectivity index (χ4v) is 3.43. The highest BCUT2D eigenvalue weighted by atomic mass is 32.2. The Labute approximate surface area is 165 Å². The molecule has 1 atom stereocenters. The summed E-state index contributed by atoms with van der Waals surface area (Å²) < 4.78 is 7.14. The van der Waals surface area contributed by atoms with Crippen LogP contribution >= 0.6 is 11.8 Å². The van der Waals surface area contributed by atoms with E-state index in [1.807, 2.05) is 48.5 Å². The van der Waals surface area contributed by atoms with Crippen molar-refractivity contribution in [3.63, 3.8) is 0 Å². The van der Waals surface area contributed by atoms with E-state index in [1.165, 1.54) is 16.4 Å². The number of benzene rings is 2. The summed E-state index contributed by atoms with van der Waals surface area (Å²) >= 11 is 1.27. The second-order valence-electron chi connectivity index (χ2n) is 6.38. The number of aliphatic hydroxyl groups excluding tert-OH is 1. The third-order valence-corrected chi connectivity index (χ3v) is 5.16. The van der Waals surface area contributed by atoms with Gasteiger partial charge in [0.05, 0.1) is 18.0 Å². The van der Waals surface area contributed by atoms with E-state index in [2.05, 4.69) is 15.3 Å². The van der Waals surface area contributed by atoms with E-state index in [0.717, 1.165) is 5.56 Å². The van der Waals surface area contributed by atoms with Gasteiger partial charge in [-0.05, 0) is 18.6 Å². The number of fused-ring (bicyclic) bond motifs is 1. The van der Waals surface area contributed by atoms with Gasteiger partial charge in [-0.25, -0.2) is 4.68 Å². The van der Waals surface area contributed by atoms with Gasteiger partial charge in [0.25, 0.3) is 16.7 Å². The van der Waals surface area contributed by atoms with Crippen LogP contribution in [0.2, 0.25) is 0 Å². The van der Waals surface area contributed by atoms with Gasteiger partial charge in [-0.1, -0.05) is 60.3 Å². The fourth-order valence-electron chi connectivity index (χ4n) is 2.81. The molecule has 142 valence electrons. The van der Waals surface area contributed by atoms with Crippen LogP contribution in [0.25, 0.3) is 22.4 Å². The van der Waals surface area contributed by atoms with Gasteiger partial charge >= 0.3 is 0 Å². The number of hydrogen-bond acceptors (Lipinski definition) is 7. The lowest BCUT2D eigenvalue weighted by Gasteiger charge is -2.09. The normalized spacial score (nSPS) is 12.4. The van der Waals surface area contributed by atoms with Crippen molar-refractivity contribution in [1.29, 1.82) is 0 Å². The van der Waals surface area contributed by atoms with Crippen molar-refractivity contribution >= 4 is 22.5 Å². The fraction of sp³-hybridized carbons (Fsp3) is 0.200. The molecule has 0 spiro atoms. The van der Waals surface area contributed by atoms with Crippen molar-refractivity contribution in [3.05, 3.63) is 70.5 Å². The summed E-state index contributed by atoms with van der Waals surface area (Å²) in [6.45, 7) is 2.04. The molecule has 2 heterocycles. The third-order valence-electron chi connectivity index (χ3n) is 4.10. The second kappa shape index (κ2) is 7.95. The lowest BCUT2D eigenvalue weighted by Crippen LogP contribution is -2.24. The van der Waals surface area contributed by atoms with Gasteiger partial charge in [0.15, 0.2) is 5.69 Å². The molecule has 0 saturated carbocycles. The molecule has 0 aliphatic rings. The molecule has 0 amide bonds. The topological polar surface area (TPSA) is 94.0 Å². The molecule has 8 heteroatoms. The molecular weight excluding hydrogens is 376 g/mol. The van der Waals surface area contributed by atoms with Crippen LogP contribution in [0.15, 0.2) is 69.0 Å². The molecule has 0 radical (unpaired) electrons. The Morgan fingerprint density at radius 2 is 1.79 bits per heavy atom. The molecule has 7 nitrogen and oxygen atoms in total. The summed E-state index contributed by atoms with van der Waals surface area (Å²) in [7, 11) is 0. The summed E-state index contributed by atoms with van der Waals surface area (Å²) in [5, 5.41) is 23.6. The van der Waals surface area contributed by atoms with Crippen molar-refractivity contribution in [2.75, 3.05) is 5.75 Å². The molecule has 2 aromatic heterocycles. The monoisotopic (exact) mass is 394 g/mol. The molecule has 28 heavy (non-hydrogen) atoms. The smallest absolute Gasteiger partial charge is 0.277 e. The predicted molar refractivity (Wildman–Crippen MR) is 107 cm³/mol. The quantitative estimate of drug-likeness (QED) is 0.503. The number of nitrogens with zero attached hydrogens (tertiary/aromatic N) is 4. The van der Waals surface area contributed by atoms with E-state index in [9.17, 15) is 9.90 Å². The summed E-state index contributed by atoms with van der Waals surface area (Å²) in [5.74, 6) is 0.689. The minimum atomic E-state index is -0.480. The number of aromatic nitrogens is 4. The first-order chi connectivity index (χ1) is 13.6. The molecule has 1 N–H and O–H groups in total. The van der Waals surface area contributed by atoms with Crippen LogP contribution < -0.4 is 5.56 Å². The van der Waals surface area contributed by atoms with Crippen molar-refractivity contribution in [1.82, 2.24) is 20.0 Å². The van der Waals surface area contributed by atoms with Gasteiger partial charge in [-0.3, -0.25) is 4.79 Å². The maximum absolute atomic E-state index is 12.9. The van der Waals surface area contributed by atoms with E-state index in [0.29, 0.717) is 34.0 Å². The first-order valence-electron chi connectivity index (χ1n) is 8.80. The van der Waals surface area contributed by atoms with E-state index in [1.54, 1.807) is 13.0 Å². The average molecular weight is 394 g/mol. The minimum absolute atomic E-state index is 0.175. The largest absolute Gasteiger partial charge is 0.410 e. The number of rotatable bonds is 6. The summed E-state index contributed by atoms with van der Waals surface area (Å²) in [4.78, 5) is 12.9. The van der Waals surface area contributed by atoms with E-state index < -0.39 is 6.10 Å². The summed E-state index contributed by atoms with van der Waals surface area (Å²) in [5.41, 5.74) is 1.26. The van der Waals surface area contributed by atoms with Gasteiger partial charge in [0.1, 0.15) is 0 Å². The van der Waals surface area contributed by atoms with E-state index in [4.69, 9.17) is 4.42 Å². The van der Waals surface area contributed by atoms with Crippen LogP contribution in [-0.4, -0.2) is 36.9 Å². The van der Waals surface area contributed by atoms with Crippen LogP contribution in [0.1, 0.15) is 12.5 Å². The average Bonchev–Trinajstić information content (AvgIpc) is 3.18. The molecule has 0 fully saturated rings. The Morgan fingerprint density at radius 3 is 2.54 bits per heavy atom. The van der Waals surface area contributed by atoms with Crippen LogP contribution in [-0.2, 0) is 6.54 Å². The lowest BCUT2D eigenvalue weighted by molar-refractivity contribution is 0.220. The Morgan fingerprint density at radius 1 is 1.07 bits per heavy atom. The molecule has 0 aliphatic carbocycles. The minimum Gasteiger partial charge on any atom is -0.410 e. The number of thioether (sulfide) groups is 1. The highest BCUT2D eigenvalue weighted by Crippen LogP contribution is 2.26. The molecule has 0 aliphatic heterocycles. The second-order valence-corrected chi connectivity index (χ2v) is 7.35. The van der Waals surface area contributed by atoms with Crippen LogP contribution in [0.4, 0.5) is 0 Å². The van der Waals surface area contributed by atoms with E-state index >= 15 is 0 Å². The maximum atomic E-state index is 12.9. The molecule has 0 saturated heterocycles. The molecule has 4 aromatic rings. The number of hydrogen-bond donors (Lipinski definition) is 1. The highest BCUT2D eigenvalue weighted by Gasteiger charge is 2.18. The third kappa shape index (κ3) is 3.83. The maximum Gasteiger partial charge on any atom is 0.277 e. The Bertz CT molecular complexity index is 1160. The zero-order valence-corrected chi connectivity index (χ0v) is 16.0. The zero-order chi connectivity index (χ0) is 19.5. The molecule has 2 aromatic carbocycles. The van der Waals surface area contributed by atoms with Crippen LogP contribution in [0.3, 0.4) is 0 Å². The van der Waals surface area contributed by atoms with Gasteiger partial charge in [-0.2, -0.15) is 5.10 Å². The Hall–Kier alpha value is -2.97. The molecule has 4 rings (SSSR count). The zero-order valence-electron chi connectivity index (χ0n) is 15.1. The molecular formula is C20H18N4O3S. The van der Waals surface area contributed by atoms with Gasteiger partial charge in [-0.15, -0.1) is 10.2 Å². The first-order valence-corrected chi connectivity index (χ1v) is 9.79. The first kappa shape index (κ1) is 18.4. The highest BCUT2D eigenvalue weighted by molar-refractivity contribution is 7.99. The predicted octanol–water partition coefficient (Wildman–Crippen LogP) is 2.97. The van der Waals surface area contributed by atoms with Crippen molar-refractivity contribution in [2.45, 2.75) is 24.8 Å². The molecule has 0 bridgehead atoms. The van der Waals surface area contributed by atoms with Gasteiger partial charge < -0.3 is 9.52 Å². The molecule has 1 unspecified atom stereocenters. The van der Waals surface area contributed by atoms with Crippen molar-refractivity contribution < 1.29 is 9.52 Å². The van der Waals surface area contributed by atoms with Gasteiger partial charge in [0.2, 0.25) is 0 Å². The Kier molecular flexibility index (Phi) is 5.23. The van der Waals surface area contributed by atoms with Gasteiger partial charge in [0, 0.05) is 11.1 Å². The number of aliphatic hydroxyl groups is 1. The SMILES string of the molecule is CC(O)CSc1nnc(-c2nn(Cc3ccccc3)c(=O)c3ccccc23)o1.